The lowest BCUT2D eigenvalue weighted by Crippen LogP contribution is -2.20. The molecular formula is C12H24. The van der Waals surface area contributed by atoms with Crippen molar-refractivity contribution in [1.82, 2.24) is 0 Å². The highest BCUT2D eigenvalue weighted by Gasteiger charge is 2.37. The monoisotopic (exact) mass is 168 g/mol. The van der Waals surface area contributed by atoms with Gasteiger partial charge in [-0.2, -0.15) is 0 Å². The number of rotatable bonds is 0. The molecular weight excluding hydrogens is 144 g/mol. The Morgan fingerprint density at radius 1 is 1.00 bits per heavy atom. The van der Waals surface area contributed by atoms with Gasteiger partial charge in [-0.15, -0.1) is 0 Å². The average molecular weight is 168 g/mol. The summed E-state index contributed by atoms with van der Waals surface area (Å²) in [5, 5.41) is 0. The van der Waals surface area contributed by atoms with Crippen LogP contribution in [0.1, 0.15) is 65.7 Å². The first-order valence-electron chi connectivity index (χ1n) is 5.31. The summed E-state index contributed by atoms with van der Waals surface area (Å²) < 4.78 is 0. The zero-order valence-corrected chi connectivity index (χ0v) is 7.73. The molecule has 2 fully saturated rings. The summed E-state index contributed by atoms with van der Waals surface area (Å²) in [6, 6.07) is 0. The summed E-state index contributed by atoms with van der Waals surface area (Å²) in [5.41, 5.74) is 0.845. The third kappa shape index (κ3) is 1.84. The first-order chi connectivity index (χ1) is 5.31. The summed E-state index contributed by atoms with van der Waals surface area (Å²) in [6.45, 7) is 2.43. The summed E-state index contributed by atoms with van der Waals surface area (Å²) in [4.78, 5) is 0. The normalized spacial score (nSPS) is 33.2. The molecule has 2 saturated carbocycles. The standard InChI is InChI=1S/C11H20.CH4/c1-10-5-8-11(9-10)6-3-2-4-7-11;/h10H,2-9H2,1H3;1H4. The average Bonchev–Trinajstić information content (AvgIpc) is 2.34. The maximum Gasteiger partial charge on any atom is -0.0295 e. The van der Waals surface area contributed by atoms with Gasteiger partial charge in [0.15, 0.2) is 0 Å². The molecule has 1 atom stereocenters. The van der Waals surface area contributed by atoms with E-state index >= 15 is 0 Å². The van der Waals surface area contributed by atoms with E-state index in [0.29, 0.717) is 0 Å². The minimum absolute atomic E-state index is 0. The predicted octanol–water partition coefficient (Wildman–Crippen LogP) is 4.39. The van der Waals surface area contributed by atoms with Crippen LogP contribution in [0.15, 0.2) is 0 Å². The molecule has 0 aromatic carbocycles. The van der Waals surface area contributed by atoms with Crippen molar-refractivity contribution in [1.29, 1.82) is 0 Å². The van der Waals surface area contributed by atoms with Crippen LogP contribution in [0.4, 0.5) is 0 Å². The van der Waals surface area contributed by atoms with Crippen molar-refractivity contribution in [3.05, 3.63) is 0 Å². The van der Waals surface area contributed by atoms with Crippen LogP contribution < -0.4 is 0 Å². The summed E-state index contributed by atoms with van der Waals surface area (Å²) in [7, 11) is 0. The van der Waals surface area contributed by atoms with Crippen LogP contribution in [-0.2, 0) is 0 Å². The Bertz CT molecular complexity index is 125. The van der Waals surface area contributed by atoms with E-state index in [4.69, 9.17) is 0 Å². The molecule has 0 N–H and O–H groups in total. The molecule has 1 spiro atoms. The lowest BCUT2D eigenvalue weighted by molar-refractivity contribution is 0.191. The van der Waals surface area contributed by atoms with Crippen LogP contribution in [0.25, 0.3) is 0 Å². The van der Waals surface area contributed by atoms with Gasteiger partial charge in [-0.1, -0.05) is 40.0 Å². The van der Waals surface area contributed by atoms with Gasteiger partial charge in [-0.25, -0.2) is 0 Å². The Morgan fingerprint density at radius 3 is 2.17 bits per heavy atom. The van der Waals surface area contributed by atoms with E-state index in [1.165, 1.54) is 25.7 Å². The molecule has 0 saturated heterocycles. The summed E-state index contributed by atoms with van der Waals surface area (Å²) in [6.07, 6.45) is 12.3. The smallest absolute Gasteiger partial charge is 0.0295 e. The van der Waals surface area contributed by atoms with E-state index in [2.05, 4.69) is 6.92 Å². The van der Waals surface area contributed by atoms with Crippen molar-refractivity contribution >= 4 is 0 Å². The largest absolute Gasteiger partial charge is 0.0776 e. The molecule has 0 heterocycles. The summed E-state index contributed by atoms with van der Waals surface area (Å²) in [5.74, 6) is 1.04. The predicted molar refractivity (Wildman–Crippen MR) is 55.3 cm³/mol. The fourth-order valence-corrected chi connectivity index (χ4v) is 3.25. The van der Waals surface area contributed by atoms with Crippen molar-refractivity contribution in [2.24, 2.45) is 11.3 Å². The molecule has 2 aliphatic rings. The van der Waals surface area contributed by atoms with Gasteiger partial charge in [-0.3, -0.25) is 0 Å². The van der Waals surface area contributed by atoms with Crippen molar-refractivity contribution < 1.29 is 0 Å². The van der Waals surface area contributed by atoms with Crippen LogP contribution in [0.5, 0.6) is 0 Å². The SMILES string of the molecule is C.CC1CCC2(CCCCC2)C1. The number of hydrogen-bond acceptors (Lipinski definition) is 0. The van der Waals surface area contributed by atoms with Gasteiger partial charge in [0.05, 0.1) is 0 Å². The first-order valence-corrected chi connectivity index (χ1v) is 5.31. The zero-order chi connectivity index (χ0) is 7.73. The van der Waals surface area contributed by atoms with Crippen molar-refractivity contribution in [2.75, 3.05) is 0 Å². The molecule has 0 aliphatic heterocycles. The minimum Gasteiger partial charge on any atom is -0.0776 e. The van der Waals surface area contributed by atoms with E-state index < -0.39 is 0 Å². The molecule has 0 heteroatoms. The Morgan fingerprint density at radius 2 is 1.67 bits per heavy atom. The molecule has 2 rings (SSSR count). The third-order valence-corrected chi connectivity index (χ3v) is 3.86. The molecule has 0 aromatic rings. The Hall–Kier alpha value is 0. The molecule has 0 bridgehead atoms. The van der Waals surface area contributed by atoms with Crippen molar-refractivity contribution in [2.45, 2.75) is 65.7 Å². The Balaban J connectivity index is 0.000000720. The van der Waals surface area contributed by atoms with Gasteiger partial charge >= 0.3 is 0 Å². The Kier molecular flexibility index (Phi) is 3.20. The summed E-state index contributed by atoms with van der Waals surface area (Å²) >= 11 is 0. The van der Waals surface area contributed by atoms with Gasteiger partial charge in [0.25, 0.3) is 0 Å². The van der Waals surface area contributed by atoms with E-state index in [1.54, 1.807) is 25.7 Å². The molecule has 0 aromatic heterocycles. The molecule has 0 nitrogen and oxygen atoms in total. The third-order valence-electron chi connectivity index (χ3n) is 3.86. The molecule has 2 aliphatic carbocycles. The second kappa shape index (κ2) is 3.81. The van der Waals surface area contributed by atoms with Gasteiger partial charge in [0, 0.05) is 0 Å². The lowest BCUT2D eigenvalue weighted by Gasteiger charge is -2.33. The van der Waals surface area contributed by atoms with Gasteiger partial charge in [0.2, 0.25) is 0 Å². The highest BCUT2D eigenvalue weighted by atomic mass is 14.4. The van der Waals surface area contributed by atoms with Crippen LogP contribution in [-0.4, -0.2) is 0 Å². The topological polar surface area (TPSA) is 0 Å². The lowest BCUT2D eigenvalue weighted by atomic mass is 9.72. The van der Waals surface area contributed by atoms with Gasteiger partial charge in [-0.05, 0) is 37.0 Å². The van der Waals surface area contributed by atoms with Crippen LogP contribution in [0.2, 0.25) is 0 Å². The highest BCUT2D eigenvalue weighted by Crippen LogP contribution is 2.50. The second-order valence-corrected chi connectivity index (χ2v) is 4.91. The van der Waals surface area contributed by atoms with E-state index in [1.807, 2.05) is 0 Å². The van der Waals surface area contributed by atoms with Crippen LogP contribution >= 0.6 is 0 Å². The first kappa shape index (κ1) is 10.1. The number of hydrogen-bond donors (Lipinski definition) is 0. The molecule has 0 amide bonds. The second-order valence-electron chi connectivity index (χ2n) is 4.91. The molecule has 12 heavy (non-hydrogen) atoms. The van der Waals surface area contributed by atoms with E-state index in [9.17, 15) is 0 Å². The fourth-order valence-electron chi connectivity index (χ4n) is 3.25. The molecule has 1 unspecified atom stereocenters. The fraction of sp³-hybridized carbons (Fsp3) is 1.00. The maximum atomic E-state index is 2.43. The minimum atomic E-state index is 0. The quantitative estimate of drug-likeness (QED) is 0.503. The maximum absolute atomic E-state index is 2.43. The van der Waals surface area contributed by atoms with Gasteiger partial charge < -0.3 is 0 Å². The molecule has 72 valence electrons. The van der Waals surface area contributed by atoms with E-state index in [-0.39, 0.29) is 7.43 Å². The van der Waals surface area contributed by atoms with Crippen LogP contribution in [0, 0.1) is 11.3 Å². The van der Waals surface area contributed by atoms with Crippen molar-refractivity contribution in [3.8, 4) is 0 Å². The highest BCUT2D eigenvalue weighted by molar-refractivity contribution is 4.89. The Labute approximate surface area is 77.7 Å². The zero-order valence-electron chi connectivity index (χ0n) is 7.73. The van der Waals surface area contributed by atoms with Crippen LogP contribution in [0.3, 0.4) is 0 Å². The van der Waals surface area contributed by atoms with E-state index in [0.717, 1.165) is 11.3 Å². The molecule has 0 radical (unpaired) electrons. The van der Waals surface area contributed by atoms with Crippen molar-refractivity contribution in [3.63, 3.8) is 0 Å². The van der Waals surface area contributed by atoms with Gasteiger partial charge in [0.1, 0.15) is 0 Å².